The number of amides is 1. The highest BCUT2D eigenvalue weighted by Gasteiger charge is 2.08. The molecule has 1 aromatic heterocycles. The Bertz CT molecular complexity index is 683. The minimum absolute atomic E-state index is 0.0905. The first-order chi connectivity index (χ1) is 11.1. The molecular weight excluding hydrogens is 382 g/mol. The quantitative estimate of drug-likeness (QED) is 0.493. The van der Waals surface area contributed by atoms with Gasteiger partial charge in [0, 0.05) is 30.2 Å². The lowest BCUT2D eigenvalue weighted by Crippen LogP contribution is -2.25. The van der Waals surface area contributed by atoms with Crippen LogP contribution in [0.5, 0.6) is 0 Å². The van der Waals surface area contributed by atoms with Crippen molar-refractivity contribution in [3.63, 3.8) is 0 Å². The highest BCUT2D eigenvalue weighted by Crippen LogP contribution is 2.24. The molecule has 0 fully saturated rings. The summed E-state index contributed by atoms with van der Waals surface area (Å²) in [4.78, 5) is 20.0. The molecule has 2 rings (SSSR count). The third-order valence-corrected chi connectivity index (χ3v) is 3.85. The number of benzene rings is 1. The van der Waals surface area contributed by atoms with Gasteiger partial charge in [-0.2, -0.15) is 0 Å². The summed E-state index contributed by atoms with van der Waals surface area (Å²) < 4.78 is 0.882. The number of hydrogen-bond donors (Lipinski definition) is 3. The molecule has 122 valence electrons. The van der Waals surface area contributed by atoms with E-state index >= 15 is 0 Å². The van der Waals surface area contributed by atoms with Crippen molar-refractivity contribution in [1.29, 1.82) is 0 Å². The first-order valence-corrected chi connectivity index (χ1v) is 8.25. The van der Waals surface area contributed by atoms with Crippen molar-refractivity contribution in [2.75, 3.05) is 30.8 Å². The van der Waals surface area contributed by atoms with Crippen LogP contribution < -0.4 is 16.0 Å². The third-order valence-electron chi connectivity index (χ3n) is 3.07. The predicted molar refractivity (Wildman–Crippen MR) is 96.2 cm³/mol. The number of rotatable bonds is 7. The molecule has 0 atom stereocenters. The van der Waals surface area contributed by atoms with Crippen molar-refractivity contribution in [2.24, 2.45) is 0 Å². The molecule has 0 aliphatic heterocycles. The van der Waals surface area contributed by atoms with Crippen molar-refractivity contribution >= 4 is 44.9 Å². The van der Waals surface area contributed by atoms with E-state index in [-0.39, 0.29) is 5.91 Å². The number of nitrogens with one attached hydrogen (secondary N) is 3. The molecule has 0 saturated heterocycles. The Kier molecular flexibility index (Phi) is 6.61. The summed E-state index contributed by atoms with van der Waals surface area (Å²) >= 11 is 9.33. The van der Waals surface area contributed by atoms with Crippen LogP contribution in [0.4, 0.5) is 11.5 Å². The zero-order chi connectivity index (χ0) is 16.7. The Morgan fingerprint density at radius 3 is 2.87 bits per heavy atom. The summed E-state index contributed by atoms with van der Waals surface area (Å²) in [6, 6.07) is 7.28. The van der Waals surface area contributed by atoms with E-state index in [0.717, 1.165) is 10.9 Å². The topological polar surface area (TPSA) is 78.9 Å². The first kappa shape index (κ1) is 17.5. The lowest BCUT2D eigenvalue weighted by Gasteiger charge is -2.11. The zero-order valence-corrected chi connectivity index (χ0v) is 14.9. The number of halogens is 2. The second-order valence-corrected chi connectivity index (χ2v) is 5.96. The molecule has 1 aromatic carbocycles. The van der Waals surface area contributed by atoms with Crippen LogP contribution >= 0.6 is 27.5 Å². The first-order valence-electron chi connectivity index (χ1n) is 7.07. The maximum Gasteiger partial charge on any atom is 0.251 e. The molecule has 0 aliphatic carbocycles. The zero-order valence-electron chi connectivity index (χ0n) is 12.6. The maximum absolute atomic E-state index is 12.0. The van der Waals surface area contributed by atoms with Crippen molar-refractivity contribution in [1.82, 2.24) is 15.3 Å². The van der Waals surface area contributed by atoms with Crippen LogP contribution in [0.25, 0.3) is 0 Å². The van der Waals surface area contributed by atoms with Gasteiger partial charge in [0.25, 0.3) is 5.91 Å². The van der Waals surface area contributed by atoms with E-state index in [1.807, 2.05) is 12.1 Å². The van der Waals surface area contributed by atoms with E-state index in [4.69, 9.17) is 11.6 Å². The Morgan fingerprint density at radius 1 is 1.30 bits per heavy atom. The minimum Gasteiger partial charge on any atom is -0.383 e. The highest BCUT2D eigenvalue weighted by molar-refractivity contribution is 9.10. The fourth-order valence-electron chi connectivity index (χ4n) is 1.95. The van der Waals surface area contributed by atoms with Gasteiger partial charge in [0.2, 0.25) is 0 Å². The highest BCUT2D eigenvalue weighted by atomic mass is 79.9. The number of aromatic nitrogens is 2. The van der Waals surface area contributed by atoms with E-state index in [1.54, 1.807) is 19.2 Å². The van der Waals surface area contributed by atoms with E-state index < -0.39 is 0 Å². The molecular formula is C15H17BrClN5O. The van der Waals surface area contributed by atoms with Gasteiger partial charge in [-0.15, -0.1) is 0 Å². The number of anilines is 2. The van der Waals surface area contributed by atoms with Gasteiger partial charge < -0.3 is 16.0 Å². The average molecular weight is 399 g/mol. The molecule has 0 bridgehead atoms. The molecule has 0 saturated carbocycles. The predicted octanol–water partition coefficient (Wildman–Crippen LogP) is 3.17. The lowest BCUT2D eigenvalue weighted by atomic mass is 10.2. The van der Waals surface area contributed by atoms with Gasteiger partial charge in [0.05, 0.1) is 0 Å². The van der Waals surface area contributed by atoms with Crippen LogP contribution in [0.3, 0.4) is 0 Å². The van der Waals surface area contributed by atoms with Gasteiger partial charge in [0.15, 0.2) is 11.0 Å². The number of carbonyl (C=O) groups excluding carboxylic acids is 1. The molecule has 0 unspecified atom stereocenters. The second kappa shape index (κ2) is 8.69. The Balaban J connectivity index is 1.76. The standard InChI is InChI=1S/C15H17BrClN5O/c1-18-12-13(17)21-9-22-14(12)19-6-3-7-20-15(23)10-4-2-5-11(16)8-10/h2,4-5,8-9,18H,3,6-7H2,1H3,(H,20,23)(H,19,21,22). The van der Waals surface area contributed by atoms with Crippen LogP contribution in [-0.2, 0) is 0 Å². The van der Waals surface area contributed by atoms with Crippen molar-refractivity contribution < 1.29 is 4.79 Å². The van der Waals surface area contributed by atoms with Crippen LogP contribution in [0.15, 0.2) is 35.1 Å². The van der Waals surface area contributed by atoms with Crippen LogP contribution in [-0.4, -0.2) is 36.0 Å². The van der Waals surface area contributed by atoms with Gasteiger partial charge in [-0.25, -0.2) is 9.97 Å². The molecule has 6 nitrogen and oxygen atoms in total. The second-order valence-electron chi connectivity index (χ2n) is 4.68. The number of nitrogens with zero attached hydrogens (tertiary/aromatic N) is 2. The van der Waals surface area contributed by atoms with Crippen molar-refractivity contribution in [2.45, 2.75) is 6.42 Å². The van der Waals surface area contributed by atoms with Gasteiger partial charge in [-0.1, -0.05) is 33.6 Å². The third kappa shape index (κ3) is 5.07. The summed E-state index contributed by atoms with van der Waals surface area (Å²) in [5.41, 5.74) is 1.29. The molecule has 3 N–H and O–H groups in total. The summed E-state index contributed by atoms with van der Waals surface area (Å²) in [6.07, 6.45) is 2.16. The summed E-state index contributed by atoms with van der Waals surface area (Å²) in [5.74, 6) is 0.554. The van der Waals surface area contributed by atoms with Gasteiger partial charge in [0.1, 0.15) is 12.0 Å². The van der Waals surface area contributed by atoms with E-state index in [9.17, 15) is 4.79 Å². The SMILES string of the molecule is CNc1c(Cl)ncnc1NCCCNC(=O)c1cccc(Br)c1. The average Bonchev–Trinajstić information content (AvgIpc) is 2.54. The van der Waals surface area contributed by atoms with E-state index in [2.05, 4.69) is 41.8 Å². The van der Waals surface area contributed by atoms with Gasteiger partial charge in [-0.3, -0.25) is 4.79 Å². The summed E-state index contributed by atoms with van der Waals surface area (Å²) in [5, 5.41) is 9.37. The monoisotopic (exact) mass is 397 g/mol. The Morgan fingerprint density at radius 2 is 2.13 bits per heavy atom. The number of carbonyl (C=O) groups is 1. The summed E-state index contributed by atoms with van der Waals surface area (Å²) in [7, 11) is 1.76. The molecule has 0 aliphatic rings. The van der Waals surface area contributed by atoms with Crippen molar-refractivity contribution in [3.8, 4) is 0 Å². The van der Waals surface area contributed by atoms with E-state index in [1.165, 1.54) is 6.33 Å². The largest absolute Gasteiger partial charge is 0.383 e. The molecule has 1 heterocycles. The Hall–Kier alpha value is -1.86. The molecule has 8 heteroatoms. The molecule has 0 radical (unpaired) electrons. The van der Waals surface area contributed by atoms with Crippen LogP contribution in [0, 0.1) is 0 Å². The van der Waals surface area contributed by atoms with Gasteiger partial charge >= 0.3 is 0 Å². The van der Waals surface area contributed by atoms with Crippen LogP contribution in [0.1, 0.15) is 16.8 Å². The maximum atomic E-state index is 12.0. The molecule has 23 heavy (non-hydrogen) atoms. The van der Waals surface area contributed by atoms with Gasteiger partial charge in [-0.05, 0) is 24.6 Å². The minimum atomic E-state index is -0.0905. The molecule has 2 aromatic rings. The molecule has 1 amide bonds. The number of hydrogen-bond acceptors (Lipinski definition) is 5. The molecule has 0 spiro atoms. The fraction of sp³-hybridized carbons (Fsp3) is 0.267. The Labute approximate surface area is 148 Å². The summed E-state index contributed by atoms with van der Waals surface area (Å²) in [6.45, 7) is 1.22. The van der Waals surface area contributed by atoms with E-state index in [0.29, 0.717) is 35.3 Å². The van der Waals surface area contributed by atoms with Crippen molar-refractivity contribution in [3.05, 3.63) is 45.8 Å². The lowest BCUT2D eigenvalue weighted by molar-refractivity contribution is 0.0953. The fourth-order valence-corrected chi connectivity index (χ4v) is 2.58. The smallest absolute Gasteiger partial charge is 0.251 e. The normalized spacial score (nSPS) is 10.2. The van der Waals surface area contributed by atoms with Crippen LogP contribution in [0.2, 0.25) is 5.15 Å².